The maximum absolute atomic E-state index is 11.0. The van der Waals surface area contributed by atoms with Crippen LogP contribution < -0.4 is 5.63 Å². The highest BCUT2D eigenvalue weighted by Crippen LogP contribution is 2.17. The Morgan fingerprint density at radius 2 is 1.63 bits per heavy atom. The van der Waals surface area contributed by atoms with Gasteiger partial charge < -0.3 is 9.52 Å². The van der Waals surface area contributed by atoms with Crippen molar-refractivity contribution in [3.05, 3.63) is 63.5 Å². The lowest BCUT2D eigenvalue weighted by Gasteiger charge is -2.03. The zero-order valence-electron chi connectivity index (χ0n) is 11.2. The standard InChI is InChI=1S/C9H8O2.C7H8O/c1-5-4-8-6(2)3-7(5)9(10)11-8;1-6-4-2-3-5-7(6)8/h3-4H,1-2H3;2-5,8H,1H3. The van der Waals surface area contributed by atoms with E-state index in [1.54, 1.807) is 6.07 Å². The van der Waals surface area contributed by atoms with Crippen molar-refractivity contribution >= 4 is 11.0 Å². The minimum absolute atomic E-state index is 0.217. The summed E-state index contributed by atoms with van der Waals surface area (Å²) in [5, 5.41) is 9.61. The number of aromatic hydroxyl groups is 1. The third-order valence-corrected chi connectivity index (χ3v) is 3.06. The monoisotopic (exact) mass is 256 g/mol. The Labute approximate surface area is 111 Å². The molecular formula is C16H16O3. The largest absolute Gasteiger partial charge is 0.508 e. The Morgan fingerprint density at radius 1 is 0.947 bits per heavy atom. The highest BCUT2D eigenvalue weighted by Gasteiger charge is 2.06. The molecule has 4 aromatic rings. The van der Waals surface area contributed by atoms with Crippen LogP contribution in [0.25, 0.3) is 11.0 Å². The number of rotatable bonds is 0. The first-order chi connectivity index (χ1) is 8.99. The fourth-order valence-electron chi connectivity index (χ4n) is 1.84. The molecule has 0 saturated heterocycles. The van der Waals surface area contributed by atoms with Gasteiger partial charge >= 0.3 is 5.63 Å². The summed E-state index contributed by atoms with van der Waals surface area (Å²) in [6.45, 7) is 5.72. The summed E-state index contributed by atoms with van der Waals surface area (Å²) >= 11 is 0. The van der Waals surface area contributed by atoms with Crippen LogP contribution in [0.1, 0.15) is 16.7 Å². The number of aryl methyl sites for hydroxylation is 3. The van der Waals surface area contributed by atoms with Crippen molar-refractivity contribution in [2.75, 3.05) is 0 Å². The highest BCUT2D eigenvalue weighted by atomic mass is 16.4. The molecule has 98 valence electrons. The molecule has 2 aromatic carbocycles. The van der Waals surface area contributed by atoms with Crippen molar-refractivity contribution in [2.45, 2.75) is 20.8 Å². The van der Waals surface area contributed by atoms with E-state index < -0.39 is 0 Å². The Morgan fingerprint density at radius 3 is 2.05 bits per heavy atom. The highest BCUT2D eigenvalue weighted by molar-refractivity contribution is 5.69. The van der Waals surface area contributed by atoms with Gasteiger partial charge in [0.05, 0.1) is 5.39 Å². The van der Waals surface area contributed by atoms with Gasteiger partial charge in [0, 0.05) is 0 Å². The number of hydrogen-bond acceptors (Lipinski definition) is 3. The molecule has 1 N–H and O–H groups in total. The van der Waals surface area contributed by atoms with Crippen LogP contribution in [-0.2, 0) is 0 Å². The van der Waals surface area contributed by atoms with E-state index in [-0.39, 0.29) is 5.63 Å². The molecular weight excluding hydrogens is 240 g/mol. The van der Waals surface area contributed by atoms with Gasteiger partial charge in [0.15, 0.2) is 0 Å². The first kappa shape index (κ1) is 13.1. The Balaban J connectivity index is 0.000000148. The quantitative estimate of drug-likeness (QED) is 0.669. The molecule has 2 aromatic heterocycles. The molecule has 0 saturated carbocycles. The molecule has 0 unspecified atom stereocenters. The smallest absolute Gasteiger partial charge is 0.343 e. The van der Waals surface area contributed by atoms with E-state index in [1.807, 2.05) is 51.1 Å². The predicted octanol–water partition coefficient (Wildman–Crippen LogP) is 3.55. The number of hydrogen-bond donors (Lipinski definition) is 1. The Bertz CT molecular complexity index is 720. The normalized spacial score (nSPS) is 10.3. The van der Waals surface area contributed by atoms with Gasteiger partial charge in [-0.15, -0.1) is 0 Å². The number of phenols is 1. The molecule has 0 aliphatic heterocycles. The topological polar surface area (TPSA) is 50.4 Å². The third-order valence-electron chi connectivity index (χ3n) is 3.06. The predicted molar refractivity (Wildman–Crippen MR) is 76.0 cm³/mol. The molecule has 19 heavy (non-hydrogen) atoms. The van der Waals surface area contributed by atoms with E-state index in [9.17, 15) is 4.79 Å². The van der Waals surface area contributed by atoms with Crippen molar-refractivity contribution in [2.24, 2.45) is 0 Å². The van der Waals surface area contributed by atoms with Gasteiger partial charge in [0.25, 0.3) is 0 Å². The van der Waals surface area contributed by atoms with E-state index in [2.05, 4.69) is 0 Å². The van der Waals surface area contributed by atoms with Crippen LogP contribution in [0.3, 0.4) is 0 Å². The second-order valence-corrected chi connectivity index (χ2v) is 4.61. The van der Waals surface area contributed by atoms with Crippen LogP contribution in [0.5, 0.6) is 5.75 Å². The van der Waals surface area contributed by atoms with Gasteiger partial charge in [-0.3, -0.25) is 0 Å². The summed E-state index contributed by atoms with van der Waals surface area (Å²) in [5.74, 6) is 0.368. The average Bonchev–Trinajstić information content (AvgIpc) is 2.36. The van der Waals surface area contributed by atoms with Crippen molar-refractivity contribution < 1.29 is 9.52 Å². The van der Waals surface area contributed by atoms with E-state index in [1.165, 1.54) is 0 Å². The van der Waals surface area contributed by atoms with Crippen LogP contribution in [0.2, 0.25) is 0 Å². The van der Waals surface area contributed by atoms with Crippen LogP contribution in [0.4, 0.5) is 0 Å². The molecule has 0 fully saturated rings. The van der Waals surface area contributed by atoms with Crippen LogP contribution in [0.15, 0.2) is 45.6 Å². The molecule has 0 aliphatic carbocycles. The maximum atomic E-state index is 11.0. The Hall–Kier alpha value is -2.29. The zero-order chi connectivity index (χ0) is 14.0. The van der Waals surface area contributed by atoms with E-state index >= 15 is 0 Å². The number of phenolic OH excluding ortho intramolecular Hbond substituents is 1. The fourth-order valence-corrected chi connectivity index (χ4v) is 1.84. The lowest BCUT2D eigenvalue weighted by atomic mass is 10.1. The maximum Gasteiger partial charge on any atom is 0.343 e. The summed E-state index contributed by atoms with van der Waals surface area (Å²) in [6.07, 6.45) is 0. The SMILES string of the molecule is Cc1cc2c(C)cc1oc2=O.Cc1ccccc1O. The molecule has 0 amide bonds. The molecule has 3 heteroatoms. The second-order valence-electron chi connectivity index (χ2n) is 4.61. The number of fused-ring (bicyclic) bond motifs is 3. The summed E-state index contributed by atoms with van der Waals surface area (Å²) < 4.78 is 4.96. The molecule has 0 spiro atoms. The zero-order valence-corrected chi connectivity index (χ0v) is 11.2. The van der Waals surface area contributed by atoms with Gasteiger partial charge in [-0.1, -0.05) is 18.2 Å². The Kier molecular flexibility index (Phi) is 3.56. The molecule has 3 nitrogen and oxygen atoms in total. The second kappa shape index (κ2) is 5.14. The lowest BCUT2D eigenvalue weighted by Crippen LogP contribution is -2.03. The summed E-state index contributed by atoms with van der Waals surface area (Å²) in [7, 11) is 0. The summed E-state index contributed by atoms with van der Waals surface area (Å²) in [4.78, 5) is 11.0. The molecule has 4 rings (SSSR count). The fraction of sp³-hybridized carbons (Fsp3) is 0.188. The van der Waals surface area contributed by atoms with Crippen molar-refractivity contribution in [3.63, 3.8) is 0 Å². The number of benzene rings is 2. The third kappa shape index (κ3) is 2.76. The first-order valence-electron chi connectivity index (χ1n) is 6.07. The van der Waals surface area contributed by atoms with Gasteiger partial charge in [0.1, 0.15) is 11.3 Å². The average molecular weight is 256 g/mol. The van der Waals surface area contributed by atoms with Gasteiger partial charge in [-0.05, 0) is 55.7 Å². The van der Waals surface area contributed by atoms with E-state index in [0.717, 1.165) is 16.7 Å². The molecule has 0 atom stereocenters. The van der Waals surface area contributed by atoms with Crippen LogP contribution >= 0.6 is 0 Å². The van der Waals surface area contributed by atoms with Crippen molar-refractivity contribution in [1.29, 1.82) is 0 Å². The number of para-hydroxylation sites is 1. The van der Waals surface area contributed by atoms with Crippen molar-refractivity contribution in [1.82, 2.24) is 0 Å². The molecule has 2 heterocycles. The minimum Gasteiger partial charge on any atom is -0.508 e. The van der Waals surface area contributed by atoms with E-state index in [4.69, 9.17) is 9.52 Å². The molecule has 0 radical (unpaired) electrons. The van der Waals surface area contributed by atoms with Gasteiger partial charge in [-0.2, -0.15) is 0 Å². The van der Waals surface area contributed by atoms with E-state index in [0.29, 0.717) is 16.7 Å². The first-order valence-corrected chi connectivity index (χ1v) is 6.07. The van der Waals surface area contributed by atoms with Crippen LogP contribution in [0, 0.1) is 20.8 Å². The van der Waals surface area contributed by atoms with Crippen molar-refractivity contribution in [3.8, 4) is 5.75 Å². The van der Waals surface area contributed by atoms with Gasteiger partial charge in [0.2, 0.25) is 0 Å². The molecule has 2 bridgehead atoms. The van der Waals surface area contributed by atoms with Crippen LogP contribution in [-0.4, -0.2) is 5.11 Å². The lowest BCUT2D eigenvalue weighted by molar-refractivity contribution is 0.471. The summed E-state index contributed by atoms with van der Waals surface area (Å²) in [6, 6.07) is 11.0. The summed E-state index contributed by atoms with van der Waals surface area (Å²) in [5.41, 5.74) is 3.44. The minimum atomic E-state index is -0.217. The molecule has 0 aliphatic rings. The van der Waals surface area contributed by atoms with Gasteiger partial charge in [-0.25, -0.2) is 4.79 Å².